The van der Waals surface area contributed by atoms with Gasteiger partial charge in [-0.3, -0.25) is 0 Å². The van der Waals surface area contributed by atoms with Gasteiger partial charge in [-0.25, -0.2) is 4.79 Å². The first-order valence-electron chi connectivity index (χ1n) is 12.0. The second kappa shape index (κ2) is 11.9. The number of likely N-dealkylation sites (tertiary alicyclic amines) is 1. The number of carbonyl (C=O) groups excluding carboxylic acids is 1. The molecule has 8 heteroatoms. The third-order valence-corrected chi connectivity index (χ3v) is 6.92. The molecule has 0 radical (unpaired) electrons. The third kappa shape index (κ3) is 8.09. The molecule has 1 saturated heterocycles. The molecular weight excluding hydrogens is 487 g/mol. The number of piperidine rings is 1. The van der Waals surface area contributed by atoms with Crippen LogP contribution in [0.5, 0.6) is 0 Å². The lowest BCUT2D eigenvalue weighted by Gasteiger charge is -2.38. The van der Waals surface area contributed by atoms with Gasteiger partial charge < -0.3 is 24.4 Å². The molecule has 0 aliphatic carbocycles. The van der Waals surface area contributed by atoms with Crippen molar-refractivity contribution in [3.63, 3.8) is 0 Å². The average molecular weight is 524 g/mol. The molecule has 1 N–H and O–H groups in total. The maximum absolute atomic E-state index is 12.5. The summed E-state index contributed by atoms with van der Waals surface area (Å²) < 4.78 is 11.7. The number of rotatable bonds is 8. The van der Waals surface area contributed by atoms with E-state index >= 15 is 0 Å². The Balaban J connectivity index is 1.58. The number of aliphatic hydroxyl groups is 1. The predicted molar refractivity (Wildman–Crippen MR) is 140 cm³/mol. The molecule has 1 unspecified atom stereocenters. The van der Waals surface area contributed by atoms with Crippen molar-refractivity contribution in [1.82, 2.24) is 9.80 Å². The van der Waals surface area contributed by atoms with Crippen LogP contribution in [0, 0.1) is 0 Å². The lowest BCUT2D eigenvalue weighted by Crippen LogP contribution is -2.44. The quantitative estimate of drug-likeness (QED) is 0.467. The molecule has 3 rings (SSSR count). The van der Waals surface area contributed by atoms with Crippen LogP contribution >= 0.6 is 23.2 Å². The number of hydrogen-bond acceptors (Lipinski definition) is 5. The van der Waals surface area contributed by atoms with Gasteiger partial charge in [-0.05, 0) is 56.9 Å². The van der Waals surface area contributed by atoms with Crippen molar-refractivity contribution >= 4 is 29.3 Å². The van der Waals surface area contributed by atoms with E-state index in [2.05, 4.69) is 4.90 Å². The molecule has 1 fully saturated rings. The largest absolute Gasteiger partial charge is 0.444 e. The second-order valence-electron chi connectivity index (χ2n) is 10.1. The third-order valence-electron chi connectivity index (χ3n) is 6.18. The smallest absolute Gasteiger partial charge is 0.410 e. The first kappa shape index (κ1) is 27.8. The van der Waals surface area contributed by atoms with Gasteiger partial charge in [0.05, 0.1) is 28.8 Å². The lowest BCUT2D eigenvalue weighted by molar-refractivity contribution is -0.0389. The highest BCUT2D eigenvalue weighted by molar-refractivity contribution is 6.42. The Kier molecular flexibility index (Phi) is 9.47. The molecule has 0 bridgehead atoms. The van der Waals surface area contributed by atoms with E-state index in [0.717, 1.165) is 30.8 Å². The second-order valence-corrected chi connectivity index (χ2v) is 10.9. The summed E-state index contributed by atoms with van der Waals surface area (Å²) in [6.45, 7) is 8.57. The first-order chi connectivity index (χ1) is 16.5. The number of ether oxygens (including phenoxy) is 2. The molecule has 1 aliphatic rings. The van der Waals surface area contributed by atoms with Crippen LogP contribution in [0.25, 0.3) is 0 Å². The molecule has 1 atom stereocenters. The van der Waals surface area contributed by atoms with E-state index in [4.69, 9.17) is 32.7 Å². The summed E-state index contributed by atoms with van der Waals surface area (Å²) in [5.41, 5.74) is 0.450. The summed E-state index contributed by atoms with van der Waals surface area (Å²) in [4.78, 5) is 16.3. The van der Waals surface area contributed by atoms with Crippen molar-refractivity contribution in [3.8, 4) is 0 Å². The van der Waals surface area contributed by atoms with Crippen molar-refractivity contribution in [3.05, 3.63) is 69.7 Å². The fraction of sp³-hybridized carbons (Fsp3) is 0.519. The Morgan fingerprint density at radius 2 is 1.77 bits per heavy atom. The monoisotopic (exact) mass is 522 g/mol. The Labute approximate surface area is 218 Å². The van der Waals surface area contributed by atoms with Gasteiger partial charge in [-0.2, -0.15) is 0 Å². The first-order valence-corrected chi connectivity index (χ1v) is 12.7. The number of hydrogen-bond donors (Lipinski definition) is 1. The number of amides is 1. The minimum absolute atomic E-state index is 0.306. The molecule has 0 aromatic heterocycles. The topological polar surface area (TPSA) is 62.2 Å². The number of likely N-dealkylation sites (N-methyl/N-ethyl adjacent to an activating group) is 1. The molecular formula is C27H36Cl2N2O4. The fourth-order valence-corrected chi connectivity index (χ4v) is 4.44. The highest BCUT2D eigenvalue weighted by Gasteiger charge is 2.33. The SMILES string of the molecule is CN(CC(OCCN1CCC(O)(c2ccccc2)CC1)c1ccc(Cl)c(Cl)c1)C(=O)OC(C)(C)C. The predicted octanol–water partition coefficient (Wildman–Crippen LogP) is 5.90. The number of carbonyl (C=O) groups is 1. The number of nitrogens with zero attached hydrogens (tertiary/aromatic N) is 2. The molecule has 1 heterocycles. The van der Waals surface area contributed by atoms with Crippen molar-refractivity contribution < 1.29 is 19.4 Å². The van der Waals surface area contributed by atoms with Crippen LogP contribution in [0.2, 0.25) is 10.0 Å². The van der Waals surface area contributed by atoms with Crippen LogP contribution in [0.15, 0.2) is 48.5 Å². The summed E-state index contributed by atoms with van der Waals surface area (Å²) in [6, 6.07) is 15.2. The fourth-order valence-electron chi connectivity index (χ4n) is 4.14. The molecule has 192 valence electrons. The molecule has 1 aliphatic heterocycles. The highest BCUT2D eigenvalue weighted by atomic mass is 35.5. The summed E-state index contributed by atoms with van der Waals surface area (Å²) in [5.74, 6) is 0. The van der Waals surface area contributed by atoms with Crippen molar-refractivity contribution in [2.45, 2.75) is 50.9 Å². The summed E-state index contributed by atoms with van der Waals surface area (Å²) >= 11 is 12.4. The summed E-state index contributed by atoms with van der Waals surface area (Å²) in [7, 11) is 1.69. The van der Waals surface area contributed by atoms with E-state index < -0.39 is 23.4 Å². The Hall–Kier alpha value is -1.83. The van der Waals surface area contributed by atoms with Crippen LogP contribution in [0.1, 0.15) is 50.8 Å². The van der Waals surface area contributed by atoms with Crippen molar-refractivity contribution in [2.75, 3.05) is 39.8 Å². The normalized spacial score (nSPS) is 17.1. The highest BCUT2D eigenvalue weighted by Crippen LogP contribution is 2.33. The lowest BCUT2D eigenvalue weighted by atomic mass is 9.84. The zero-order chi connectivity index (χ0) is 25.6. The van der Waals surface area contributed by atoms with Gasteiger partial charge in [0.2, 0.25) is 0 Å². The summed E-state index contributed by atoms with van der Waals surface area (Å²) in [5, 5.41) is 12.0. The van der Waals surface area contributed by atoms with Gasteiger partial charge in [-0.15, -0.1) is 0 Å². The summed E-state index contributed by atoms with van der Waals surface area (Å²) in [6.07, 6.45) is 0.541. The minimum atomic E-state index is -0.780. The Morgan fingerprint density at radius 1 is 1.11 bits per heavy atom. The Bertz CT molecular complexity index is 973. The van der Waals surface area contributed by atoms with E-state index in [1.807, 2.05) is 57.2 Å². The minimum Gasteiger partial charge on any atom is -0.444 e. The molecule has 2 aromatic carbocycles. The maximum atomic E-state index is 12.5. The molecule has 1 amide bonds. The average Bonchev–Trinajstić information content (AvgIpc) is 2.81. The molecule has 6 nitrogen and oxygen atoms in total. The van der Waals surface area contributed by atoms with E-state index in [1.165, 1.54) is 4.90 Å². The Morgan fingerprint density at radius 3 is 2.37 bits per heavy atom. The van der Waals surface area contributed by atoms with Gasteiger partial charge in [0.25, 0.3) is 0 Å². The molecule has 35 heavy (non-hydrogen) atoms. The van der Waals surface area contributed by atoms with E-state index in [1.54, 1.807) is 19.2 Å². The maximum Gasteiger partial charge on any atom is 0.410 e. The van der Waals surface area contributed by atoms with Gasteiger partial charge in [0, 0.05) is 26.7 Å². The van der Waals surface area contributed by atoms with Crippen LogP contribution < -0.4 is 0 Å². The molecule has 0 saturated carbocycles. The van der Waals surface area contributed by atoms with Crippen molar-refractivity contribution in [2.24, 2.45) is 0 Å². The van der Waals surface area contributed by atoms with E-state index in [-0.39, 0.29) is 0 Å². The molecule has 2 aromatic rings. The van der Waals surface area contributed by atoms with E-state index in [0.29, 0.717) is 36.0 Å². The van der Waals surface area contributed by atoms with Crippen molar-refractivity contribution in [1.29, 1.82) is 0 Å². The van der Waals surface area contributed by atoms with Crippen LogP contribution in [-0.2, 0) is 15.1 Å². The number of halogens is 2. The standard InChI is InChI=1S/C27H36Cl2N2O4/c1-26(2,3)35-25(32)30(4)19-24(20-10-11-22(28)23(29)18-20)34-17-16-31-14-12-27(33,13-15-31)21-8-6-5-7-9-21/h5-11,18,24,33H,12-17,19H2,1-4H3. The van der Waals surface area contributed by atoms with Crippen LogP contribution in [0.4, 0.5) is 4.79 Å². The number of benzene rings is 2. The van der Waals surface area contributed by atoms with Gasteiger partial charge in [-0.1, -0.05) is 59.6 Å². The van der Waals surface area contributed by atoms with Gasteiger partial charge in [0.1, 0.15) is 11.7 Å². The van der Waals surface area contributed by atoms with E-state index in [9.17, 15) is 9.90 Å². The van der Waals surface area contributed by atoms with Gasteiger partial charge >= 0.3 is 6.09 Å². The van der Waals surface area contributed by atoms with Crippen LogP contribution in [0.3, 0.4) is 0 Å². The molecule has 0 spiro atoms. The zero-order valence-corrected chi connectivity index (χ0v) is 22.5. The zero-order valence-electron chi connectivity index (χ0n) is 21.0. The van der Waals surface area contributed by atoms with Crippen LogP contribution in [-0.4, -0.2) is 66.4 Å². The van der Waals surface area contributed by atoms with Gasteiger partial charge in [0.15, 0.2) is 0 Å².